The lowest BCUT2D eigenvalue weighted by atomic mass is 10.1. The van der Waals surface area contributed by atoms with E-state index in [0.717, 1.165) is 30.7 Å². The van der Waals surface area contributed by atoms with Crippen LogP contribution < -0.4 is 0 Å². The van der Waals surface area contributed by atoms with Crippen LogP contribution in [0.15, 0.2) is 78.4 Å². The lowest BCUT2D eigenvalue weighted by Gasteiger charge is -2.15. The van der Waals surface area contributed by atoms with Gasteiger partial charge in [-0.25, -0.2) is 15.0 Å². The third-order valence-corrected chi connectivity index (χ3v) is 6.06. The topological polar surface area (TPSA) is 79.1 Å². The van der Waals surface area contributed by atoms with Gasteiger partial charge in [-0.3, -0.25) is 0 Å². The molecule has 0 aliphatic rings. The Morgan fingerprint density at radius 3 is 2.43 bits per heavy atom. The second-order valence-corrected chi connectivity index (χ2v) is 8.63. The number of para-hydroxylation sites is 1. The van der Waals surface area contributed by atoms with Gasteiger partial charge in [-0.05, 0) is 42.5 Å². The van der Waals surface area contributed by atoms with E-state index in [-0.39, 0.29) is 39.5 Å². The van der Waals surface area contributed by atoms with Gasteiger partial charge in [0.15, 0.2) is 17.5 Å². The highest BCUT2D eigenvalue weighted by atomic mass is 32.2. The Bertz CT molecular complexity index is 1270. The van der Waals surface area contributed by atoms with Crippen LogP contribution in [0.1, 0.15) is 31.2 Å². The lowest BCUT2D eigenvalue weighted by molar-refractivity contribution is -0.139. The van der Waals surface area contributed by atoms with Crippen LogP contribution >= 0.6 is 11.8 Å². The molecule has 0 spiro atoms. The molecule has 2 N–H and O–H groups in total. The molecule has 0 amide bonds. The Morgan fingerprint density at radius 2 is 1.80 bits per heavy atom. The highest BCUT2D eigenvalue weighted by Crippen LogP contribution is 2.39. The Hall–Kier alpha value is -3.59. The quantitative estimate of drug-likeness (QED) is 0.138. The fraction of sp³-hybridized carbons (Fsp3) is 0.192. The average Bonchev–Trinajstić information content (AvgIpc) is 2.81. The molecule has 35 heavy (non-hydrogen) atoms. The average molecular weight is 500 g/mol. The number of hydrogen-bond acceptors (Lipinski definition) is 6. The number of thioether (sulfide) groups is 1. The number of aliphatic hydroxyl groups excluding tert-OH is 1. The van der Waals surface area contributed by atoms with Crippen LogP contribution in [-0.4, -0.2) is 30.9 Å². The molecular formula is C26H24F3N3O2S. The number of rotatable bonds is 9. The maximum Gasteiger partial charge on any atom is 0.417 e. The molecule has 182 valence electrons. The number of alkyl halides is 3. The van der Waals surface area contributed by atoms with Gasteiger partial charge < -0.3 is 10.2 Å². The van der Waals surface area contributed by atoms with E-state index in [4.69, 9.17) is 0 Å². The summed E-state index contributed by atoms with van der Waals surface area (Å²) in [7, 11) is 0. The fourth-order valence-corrected chi connectivity index (χ4v) is 4.37. The molecule has 0 saturated heterocycles. The summed E-state index contributed by atoms with van der Waals surface area (Å²) in [4.78, 5) is 13.3. The van der Waals surface area contributed by atoms with Crippen LogP contribution in [0.25, 0.3) is 28.3 Å². The lowest BCUT2D eigenvalue weighted by Crippen LogP contribution is -2.08. The van der Waals surface area contributed by atoms with Crippen LogP contribution in [0.4, 0.5) is 13.2 Å². The molecule has 0 saturated carbocycles. The number of nitrogens with zero attached hydrogens (tertiary/aromatic N) is 3. The summed E-state index contributed by atoms with van der Waals surface area (Å²) < 4.78 is 40.9. The number of phenols is 1. The van der Waals surface area contributed by atoms with Crippen LogP contribution in [0.3, 0.4) is 0 Å². The number of benzene rings is 2. The molecular weight excluding hydrogens is 475 g/mol. The molecule has 2 aromatic carbocycles. The molecule has 0 atom stereocenters. The predicted molar refractivity (Wildman–Crippen MR) is 133 cm³/mol. The van der Waals surface area contributed by atoms with Crippen molar-refractivity contribution in [2.75, 3.05) is 5.75 Å². The first-order chi connectivity index (χ1) is 16.7. The molecule has 5 nitrogen and oxygen atoms in total. The summed E-state index contributed by atoms with van der Waals surface area (Å²) in [5.74, 6) is 0.311. The molecule has 1 heterocycles. The van der Waals surface area contributed by atoms with Crippen LogP contribution in [-0.2, 0) is 6.18 Å². The van der Waals surface area contributed by atoms with Crippen molar-refractivity contribution in [2.24, 2.45) is 0 Å². The number of aromatic hydroxyl groups is 1. The first-order valence-electron chi connectivity index (χ1n) is 10.8. The second kappa shape index (κ2) is 11.2. The Kier molecular flexibility index (Phi) is 8.34. The molecule has 9 heteroatoms. The first kappa shape index (κ1) is 26.0. The Morgan fingerprint density at radius 1 is 1.09 bits per heavy atom. The molecule has 1 aromatic heterocycles. The predicted octanol–water partition coefficient (Wildman–Crippen LogP) is 7.46. The van der Waals surface area contributed by atoms with Gasteiger partial charge in [0.25, 0.3) is 0 Å². The molecule has 0 aliphatic heterocycles. The van der Waals surface area contributed by atoms with E-state index in [2.05, 4.69) is 28.1 Å². The molecule has 0 radical (unpaired) electrons. The minimum atomic E-state index is -4.51. The summed E-state index contributed by atoms with van der Waals surface area (Å²) in [6.07, 6.45) is -0.00571. The third kappa shape index (κ3) is 6.30. The van der Waals surface area contributed by atoms with E-state index >= 15 is 0 Å². The maximum absolute atomic E-state index is 13.6. The van der Waals surface area contributed by atoms with Crippen molar-refractivity contribution in [1.82, 2.24) is 15.0 Å². The SMILES string of the molecule is C=C/C=C(\C(=C)O)c1nc(-c2ccc(C(F)(F)F)c(SCCCC)c2)nc(-c2ccccc2O)n1. The van der Waals surface area contributed by atoms with Gasteiger partial charge in [-0.15, -0.1) is 11.8 Å². The largest absolute Gasteiger partial charge is 0.508 e. The summed E-state index contributed by atoms with van der Waals surface area (Å²) in [5, 5.41) is 20.4. The number of aromatic nitrogens is 3. The fourth-order valence-electron chi connectivity index (χ4n) is 3.17. The van der Waals surface area contributed by atoms with Gasteiger partial charge in [-0.1, -0.05) is 50.8 Å². The van der Waals surface area contributed by atoms with Crippen LogP contribution in [0, 0.1) is 0 Å². The van der Waals surface area contributed by atoms with E-state index < -0.39 is 11.7 Å². The van der Waals surface area contributed by atoms with Crippen molar-refractivity contribution in [1.29, 1.82) is 0 Å². The van der Waals surface area contributed by atoms with Crippen molar-refractivity contribution in [3.63, 3.8) is 0 Å². The molecule has 0 fully saturated rings. The van der Waals surface area contributed by atoms with E-state index in [1.807, 2.05) is 6.92 Å². The monoisotopic (exact) mass is 499 g/mol. The van der Waals surface area contributed by atoms with Crippen LogP contribution in [0.2, 0.25) is 0 Å². The molecule has 0 bridgehead atoms. The minimum absolute atomic E-state index is 0.0285. The van der Waals surface area contributed by atoms with E-state index in [1.54, 1.807) is 18.2 Å². The zero-order valence-corrected chi connectivity index (χ0v) is 19.8. The van der Waals surface area contributed by atoms with Gasteiger partial charge in [0.2, 0.25) is 0 Å². The van der Waals surface area contributed by atoms with Gasteiger partial charge in [0, 0.05) is 10.5 Å². The number of allylic oxidation sites excluding steroid dienone is 3. The highest BCUT2D eigenvalue weighted by molar-refractivity contribution is 7.99. The van der Waals surface area contributed by atoms with Crippen LogP contribution in [0.5, 0.6) is 5.75 Å². The van der Waals surface area contributed by atoms with Crippen molar-refractivity contribution in [3.05, 3.63) is 84.9 Å². The molecule has 0 unspecified atom stereocenters. The van der Waals surface area contributed by atoms with Gasteiger partial charge >= 0.3 is 6.18 Å². The highest BCUT2D eigenvalue weighted by Gasteiger charge is 2.33. The zero-order valence-electron chi connectivity index (χ0n) is 19.0. The Labute approximate surface area is 205 Å². The third-order valence-electron chi connectivity index (χ3n) is 4.92. The van der Waals surface area contributed by atoms with Crippen molar-refractivity contribution < 1.29 is 23.4 Å². The normalized spacial score (nSPS) is 11.9. The smallest absolute Gasteiger partial charge is 0.417 e. The van der Waals surface area contributed by atoms with Crippen molar-refractivity contribution >= 4 is 17.3 Å². The number of unbranched alkanes of at least 4 members (excludes halogenated alkanes) is 1. The number of aliphatic hydroxyl groups is 1. The Balaban J connectivity index is 2.24. The molecule has 3 aromatic rings. The number of halogens is 3. The maximum atomic E-state index is 13.6. The summed E-state index contributed by atoms with van der Waals surface area (Å²) in [5.41, 5.74) is 0.0560. The van der Waals surface area contributed by atoms with E-state index in [1.165, 1.54) is 30.4 Å². The minimum Gasteiger partial charge on any atom is -0.508 e. The first-order valence-corrected chi connectivity index (χ1v) is 11.7. The standard InChI is InChI=1S/C26H24F3N3O2S/c1-4-6-14-35-22-15-17(12-13-20(22)26(27,28)29)23-30-24(18(9-5-2)16(3)33)32-25(31-23)19-10-7-8-11-21(19)34/h5,7-13,15,33-34H,2-4,6,14H2,1H3/b18-9+. The van der Waals surface area contributed by atoms with Crippen molar-refractivity contribution in [2.45, 2.75) is 30.8 Å². The van der Waals surface area contributed by atoms with Crippen molar-refractivity contribution in [3.8, 4) is 28.5 Å². The molecule has 3 rings (SSSR count). The van der Waals surface area contributed by atoms with Gasteiger partial charge in [0.05, 0.1) is 16.7 Å². The summed E-state index contributed by atoms with van der Waals surface area (Å²) in [6, 6.07) is 10.1. The summed E-state index contributed by atoms with van der Waals surface area (Å²) in [6.45, 7) is 9.11. The number of hydrogen-bond donors (Lipinski definition) is 2. The van der Waals surface area contributed by atoms with Gasteiger partial charge in [0.1, 0.15) is 11.5 Å². The van der Waals surface area contributed by atoms with Gasteiger partial charge in [-0.2, -0.15) is 13.2 Å². The number of phenolic OH excluding ortho intramolecular Hbond substituents is 1. The summed E-state index contributed by atoms with van der Waals surface area (Å²) >= 11 is 1.12. The van der Waals surface area contributed by atoms with E-state index in [0.29, 0.717) is 16.9 Å². The zero-order chi connectivity index (χ0) is 25.6. The van der Waals surface area contributed by atoms with E-state index in [9.17, 15) is 23.4 Å². The second-order valence-electron chi connectivity index (χ2n) is 7.50. The molecule has 0 aliphatic carbocycles.